The molecule has 3 aromatic rings. The van der Waals surface area contributed by atoms with Crippen molar-refractivity contribution in [3.8, 4) is 0 Å². The molecule has 1 aromatic heterocycles. The molecule has 0 bridgehead atoms. The van der Waals surface area contributed by atoms with Crippen molar-refractivity contribution in [3.63, 3.8) is 0 Å². The van der Waals surface area contributed by atoms with Gasteiger partial charge in [-0.2, -0.15) is 0 Å². The van der Waals surface area contributed by atoms with Crippen molar-refractivity contribution in [2.45, 2.75) is 44.0 Å². The average Bonchev–Trinajstić information content (AvgIpc) is 3.26. The monoisotopic (exact) mass is 495 g/mol. The fourth-order valence-corrected chi connectivity index (χ4v) is 4.90. The first kappa shape index (κ1) is 24.7. The summed E-state index contributed by atoms with van der Waals surface area (Å²) in [7, 11) is -3.34. The molecule has 0 saturated heterocycles. The van der Waals surface area contributed by atoms with E-state index in [2.05, 4.69) is 10.6 Å². The van der Waals surface area contributed by atoms with E-state index in [9.17, 15) is 18.0 Å². The number of rotatable bonds is 8. The second kappa shape index (κ2) is 10.5. The Morgan fingerprint density at radius 3 is 2.54 bits per heavy atom. The number of ether oxygens (including phenoxy) is 1. The number of hydrogen-bond donors (Lipinski definition) is 2. The molecule has 0 fully saturated rings. The molecule has 0 aliphatic carbocycles. The van der Waals surface area contributed by atoms with E-state index in [1.54, 1.807) is 24.3 Å². The summed E-state index contributed by atoms with van der Waals surface area (Å²) in [5.74, 6) is -0.595. The largest absolute Gasteiger partial charge is 0.373 e. The van der Waals surface area contributed by atoms with Gasteiger partial charge in [0.25, 0.3) is 11.8 Å². The van der Waals surface area contributed by atoms with Crippen LogP contribution in [0.5, 0.6) is 0 Å². The predicted octanol–water partition coefficient (Wildman–Crippen LogP) is 3.23. The Morgan fingerprint density at radius 1 is 1.06 bits per heavy atom. The maximum atomic E-state index is 13.2. The first-order valence-corrected chi connectivity index (χ1v) is 13.4. The van der Waals surface area contributed by atoms with Crippen molar-refractivity contribution in [1.29, 1.82) is 0 Å². The number of hydrogen-bond acceptors (Lipinski definition) is 5. The maximum absolute atomic E-state index is 13.2. The first-order valence-electron chi connectivity index (χ1n) is 11.5. The third kappa shape index (κ3) is 5.63. The van der Waals surface area contributed by atoms with Crippen molar-refractivity contribution in [2.24, 2.45) is 0 Å². The zero-order chi connectivity index (χ0) is 25.0. The lowest BCUT2D eigenvalue weighted by Gasteiger charge is -2.20. The molecule has 2 N–H and O–H groups in total. The van der Waals surface area contributed by atoms with Crippen molar-refractivity contribution >= 4 is 21.7 Å². The summed E-state index contributed by atoms with van der Waals surface area (Å²) < 4.78 is 31.0. The lowest BCUT2D eigenvalue weighted by atomic mass is 10.0. The van der Waals surface area contributed by atoms with E-state index in [1.807, 2.05) is 41.8 Å². The molecule has 0 spiro atoms. The fraction of sp³-hybridized carbons (Fsp3) is 0.308. The number of carbonyl (C=O) groups excluding carboxylic acids is 2. The molecule has 9 heteroatoms. The second-order valence-corrected chi connectivity index (χ2v) is 10.6. The van der Waals surface area contributed by atoms with Gasteiger partial charge in [-0.25, -0.2) is 8.42 Å². The lowest BCUT2D eigenvalue weighted by molar-refractivity contribution is 0.0776. The van der Waals surface area contributed by atoms with Crippen LogP contribution in [-0.2, 0) is 34.3 Å². The Balaban J connectivity index is 1.54. The van der Waals surface area contributed by atoms with Crippen molar-refractivity contribution in [3.05, 3.63) is 88.7 Å². The van der Waals surface area contributed by atoms with Crippen molar-refractivity contribution < 1.29 is 22.7 Å². The predicted molar refractivity (Wildman–Crippen MR) is 132 cm³/mol. The molecule has 0 radical (unpaired) electrons. The standard InChI is InChI=1S/C26H29N3O5S/c1-3-22(19-9-5-4-6-10-19)28-25(30)21-15-23(29-12-13-34-17-24(21)29)26(31)27-16-18-8-7-11-20(14-18)35(2,32)33/h4-11,14-15,22H,3,12-13,16-17H2,1-2H3,(H,27,31)(H,28,30)/t22-/m1/s1. The molecular weight excluding hydrogens is 466 g/mol. The number of carbonyl (C=O) groups is 2. The molecule has 2 amide bonds. The highest BCUT2D eigenvalue weighted by Gasteiger charge is 2.27. The van der Waals surface area contributed by atoms with Crippen LogP contribution in [0.3, 0.4) is 0 Å². The topological polar surface area (TPSA) is 107 Å². The van der Waals surface area contributed by atoms with Gasteiger partial charge in [0.15, 0.2) is 9.84 Å². The molecule has 2 heterocycles. The van der Waals surface area contributed by atoms with Crippen molar-refractivity contribution in [2.75, 3.05) is 12.9 Å². The Morgan fingerprint density at radius 2 is 1.83 bits per heavy atom. The van der Waals surface area contributed by atoms with E-state index >= 15 is 0 Å². The minimum Gasteiger partial charge on any atom is -0.373 e. The summed E-state index contributed by atoms with van der Waals surface area (Å²) in [4.78, 5) is 26.5. The minimum absolute atomic E-state index is 0.150. The third-order valence-corrected chi connectivity index (χ3v) is 7.19. The van der Waals surface area contributed by atoms with Crippen molar-refractivity contribution in [1.82, 2.24) is 15.2 Å². The lowest BCUT2D eigenvalue weighted by Crippen LogP contribution is -2.30. The molecule has 0 unspecified atom stereocenters. The van der Waals surface area contributed by atoms with Crippen LogP contribution in [0.2, 0.25) is 0 Å². The minimum atomic E-state index is -3.34. The Labute approximate surface area is 205 Å². The maximum Gasteiger partial charge on any atom is 0.268 e. The van der Waals surface area contributed by atoms with Gasteiger partial charge in [0.05, 0.1) is 35.4 Å². The highest BCUT2D eigenvalue weighted by Crippen LogP contribution is 2.23. The van der Waals surface area contributed by atoms with Gasteiger partial charge in [0.2, 0.25) is 0 Å². The number of nitrogens with one attached hydrogen (secondary N) is 2. The summed E-state index contributed by atoms with van der Waals surface area (Å²) in [6, 6.07) is 17.7. The van der Waals surface area contributed by atoms with Crippen LogP contribution in [0.1, 0.15) is 57.1 Å². The summed E-state index contributed by atoms with van der Waals surface area (Å²) in [5.41, 5.74) is 3.15. The summed E-state index contributed by atoms with van der Waals surface area (Å²) in [5, 5.41) is 5.93. The Kier molecular flexibility index (Phi) is 7.37. The highest BCUT2D eigenvalue weighted by molar-refractivity contribution is 7.90. The quantitative estimate of drug-likeness (QED) is 0.499. The highest BCUT2D eigenvalue weighted by atomic mass is 32.2. The van der Waals surface area contributed by atoms with Gasteiger partial charge in [-0.3, -0.25) is 9.59 Å². The van der Waals surface area contributed by atoms with Gasteiger partial charge in [0, 0.05) is 19.3 Å². The van der Waals surface area contributed by atoms with Gasteiger partial charge >= 0.3 is 0 Å². The van der Waals surface area contributed by atoms with Crippen LogP contribution in [-0.4, -0.2) is 37.7 Å². The van der Waals surface area contributed by atoms with Gasteiger partial charge in [-0.15, -0.1) is 0 Å². The van der Waals surface area contributed by atoms with Crippen LogP contribution in [0, 0.1) is 0 Å². The number of aromatic nitrogens is 1. The summed E-state index contributed by atoms with van der Waals surface area (Å²) in [6.45, 7) is 3.32. The number of fused-ring (bicyclic) bond motifs is 1. The van der Waals surface area contributed by atoms with E-state index < -0.39 is 9.84 Å². The number of benzene rings is 2. The van der Waals surface area contributed by atoms with Crippen LogP contribution < -0.4 is 10.6 Å². The number of sulfone groups is 1. The van der Waals surface area contributed by atoms with Crippen LogP contribution >= 0.6 is 0 Å². The normalized spacial score (nSPS) is 14.1. The van der Waals surface area contributed by atoms with Gasteiger partial charge in [-0.05, 0) is 35.7 Å². The Hall–Kier alpha value is -3.43. The van der Waals surface area contributed by atoms with E-state index in [1.165, 1.54) is 6.07 Å². The van der Waals surface area contributed by atoms with Crippen LogP contribution in [0.25, 0.3) is 0 Å². The molecule has 35 heavy (non-hydrogen) atoms. The van der Waals surface area contributed by atoms with Gasteiger partial charge < -0.3 is 19.9 Å². The van der Waals surface area contributed by atoms with Crippen LogP contribution in [0.15, 0.2) is 65.6 Å². The zero-order valence-corrected chi connectivity index (χ0v) is 20.6. The van der Waals surface area contributed by atoms with E-state index in [-0.39, 0.29) is 35.9 Å². The molecular formula is C26H29N3O5S. The first-order chi connectivity index (χ1) is 16.8. The molecule has 184 valence electrons. The molecule has 1 aliphatic heterocycles. The zero-order valence-electron chi connectivity index (χ0n) is 19.8. The summed E-state index contributed by atoms with van der Waals surface area (Å²) >= 11 is 0. The van der Waals surface area contributed by atoms with E-state index in [0.717, 1.165) is 18.2 Å². The SMILES string of the molecule is CC[C@@H](NC(=O)c1cc(C(=O)NCc2cccc(S(C)(=O)=O)c2)n2c1COCC2)c1ccccc1. The smallest absolute Gasteiger partial charge is 0.268 e. The molecule has 4 rings (SSSR count). The number of amides is 2. The Bertz CT molecular complexity index is 1330. The number of nitrogens with zero attached hydrogens (tertiary/aromatic N) is 1. The van der Waals surface area contributed by atoms with Gasteiger partial charge in [0.1, 0.15) is 5.69 Å². The molecule has 1 atom stereocenters. The van der Waals surface area contributed by atoms with Crippen LogP contribution in [0.4, 0.5) is 0 Å². The molecule has 1 aliphatic rings. The summed E-state index contributed by atoms with van der Waals surface area (Å²) in [6.07, 6.45) is 1.87. The fourth-order valence-electron chi connectivity index (χ4n) is 4.21. The second-order valence-electron chi connectivity index (χ2n) is 8.54. The average molecular weight is 496 g/mol. The third-order valence-electron chi connectivity index (χ3n) is 6.08. The molecule has 2 aromatic carbocycles. The van der Waals surface area contributed by atoms with E-state index in [0.29, 0.717) is 35.7 Å². The molecule has 0 saturated carbocycles. The van der Waals surface area contributed by atoms with Gasteiger partial charge in [-0.1, -0.05) is 49.4 Å². The van der Waals surface area contributed by atoms with E-state index in [4.69, 9.17) is 4.74 Å². The molecule has 8 nitrogen and oxygen atoms in total.